The summed E-state index contributed by atoms with van der Waals surface area (Å²) in [7, 11) is 0. The fourth-order valence-electron chi connectivity index (χ4n) is 3.14. The number of hydrogen-bond acceptors (Lipinski definition) is 3. The largest absolute Gasteiger partial charge is 0.444 e. The summed E-state index contributed by atoms with van der Waals surface area (Å²) in [4.78, 5) is 14.5. The van der Waals surface area contributed by atoms with E-state index in [1.807, 2.05) is 26.8 Å². The average molecular weight is 318 g/mol. The number of benzene rings is 1. The Balaban J connectivity index is 1.90. The number of hydrogen-bond donors (Lipinski definition) is 1. The standard InChI is InChI=1S/C19H30N2O2/c1-14-15(2)21(13-16-9-7-6-8-10-16)12-11-17(14)20-18(22)23-19(3,4)5/h6-10,14-15,17H,11-13H2,1-5H3,(H,20,22)/t14-,15-,17+/m1/s1. The van der Waals surface area contributed by atoms with Crippen molar-refractivity contribution in [1.29, 1.82) is 0 Å². The minimum absolute atomic E-state index is 0.173. The van der Waals surface area contributed by atoms with E-state index in [9.17, 15) is 4.79 Å². The molecule has 0 aliphatic carbocycles. The highest BCUT2D eigenvalue weighted by atomic mass is 16.6. The van der Waals surface area contributed by atoms with E-state index in [0.29, 0.717) is 12.0 Å². The summed E-state index contributed by atoms with van der Waals surface area (Å²) >= 11 is 0. The van der Waals surface area contributed by atoms with Gasteiger partial charge in [0.1, 0.15) is 5.60 Å². The van der Waals surface area contributed by atoms with Crippen molar-refractivity contribution in [1.82, 2.24) is 10.2 Å². The molecule has 1 N–H and O–H groups in total. The van der Waals surface area contributed by atoms with Crippen LogP contribution in [0.1, 0.15) is 46.6 Å². The molecule has 128 valence electrons. The molecule has 1 aromatic rings. The fraction of sp³-hybridized carbons (Fsp3) is 0.632. The predicted molar refractivity (Wildman–Crippen MR) is 93.3 cm³/mol. The molecule has 3 atom stereocenters. The Kier molecular flexibility index (Phi) is 5.69. The molecule has 23 heavy (non-hydrogen) atoms. The molecular weight excluding hydrogens is 288 g/mol. The first-order valence-electron chi connectivity index (χ1n) is 8.54. The maximum absolute atomic E-state index is 12.0. The van der Waals surface area contributed by atoms with Crippen molar-refractivity contribution in [3.63, 3.8) is 0 Å². The zero-order valence-corrected chi connectivity index (χ0v) is 15.0. The SMILES string of the molecule is C[C@H]1[C@@H](NC(=O)OC(C)(C)C)CCN(Cc2ccccc2)[C@@H]1C. The number of piperidine rings is 1. The van der Waals surface area contributed by atoms with Gasteiger partial charge in [-0.1, -0.05) is 37.3 Å². The second kappa shape index (κ2) is 7.35. The van der Waals surface area contributed by atoms with Gasteiger partial charge >= 0.3 is 6.09 Å². The second-order valence-corrected chi connectivity index (χ2v) is 7.60. The molecule has 0 saturated carbocycles. The average Bonchev–Trinajstić information content (AvgIpc) is 2.46. The summed E-state index contributed by atoms with van der Waals surface area (Å²) in [6.45, 7) is 12.1. The van der Waals surface area contributed by atoms with Gasteiger partial charge in [0, 0.05) is 25.2 Å². The molecule has 1 fully saturated rings. The van der Waals surface area contributed by atoms with Crippen LogP contribution in [0.5, 0.6) is 0 Å². The summed E-state index contributed by atoms with van der Waals surface area (Å²) in [5.74, 6) is 0.389. The van der Waals surface area contributed by atoms with Crippen LogP contribution < -0.4 is 5.32 Å². The van der Waals surface area contributed by atoms with Crippen LogP contribution in [0.25, 0.3) is 0 Å². The van der Waals surface area contributed by atoms with E-state index in [0.717, 1.165) is 19.5 Å². The molecule has 4 nitrogen and oxygen atoms in total. The first kappa shape index (κ1) is 17.8. The normalized spacial score (nSPS) is 25.9. The summed E-state index contributed by atoms with van der Waals surface area (Å²) in [5, 5.41) is 3.05. The van der Waals surface area contributed by atoms with Gasteiger partial charge in [0.2, 0.25) is 0 Å². The van der Waals surface area contributed by atoms with E-state index in [2.05, 4.69) is 48.3 Å². The maximum Gasteiger partial charge on any atom is 0.407 e. The van der Waals surface area contributed by atoms with Gasteiger partial charge in [-0.3, -0.25) is 4.90 Å². The van der Waals surface area contributed by atoms with Gasteiger partial charge in [-0.05, 0) is 45.6 Å². The lowest BCUT2D eigenvalue weighted by atomic mass is 9.87. The van der Waals surface area contributed by atoms with E-state index in [1.165, 1.54) is 5.56 Å². The number of carbonyl (C=O) groups is 1. The monoisotopic (exact) mass is 318 g/mol. The van der Waals surface area contributed by atoms with Crippen LogP contribution in [-0.4, -0.2) is 35.2 Å². The van der Waals surface area contributed by atoms with Crippen LogP contribution in [0.4, 0.5) is 4.79 Å². The van der Waals surface area contributed by atoms with Crippen molar-refractivity contribution in [2.75, 3.05) is 6.54 Å². The summed E-state index contributed by atoms with van der Waals surface area (Å²) in [6.07, 6.45) is 0.649. The van der Waals surface area contributed by atoms with Crippen LogP contribution in [0.3, 0.4) is 0 Å². The van der Waals surface area contributed by atoms with Crippen molar-refractivity contribution in [3.8, 4) is 0 Å². The smallest absolute Gasteiger partial charge is 0.407 e. The minimum atomic E-state index is -0.451. The molecule has 1 heterocycles. The lowest BCUT2D eigenvalue weighted by molar-refractivity contribution is 0.0362. The number of alkyl carbamates (subject to hydrolysis) is 1. The maximum atomic E-state index is 12.0. The Hall–Kier alpha value is -1.55. The van der Waals surface area contributed by atoms with Gasteiger partial charge in [-0.25, -0.2) is 4.79 Å². The summed E-state index contributed by atoms with van der Waals surface area (Å²) in [6, 6.07) is 11.1. The predicted octanol–water partition coefficient (Wildman–Crippen LogP) is 3.81. The zero-order valence-electron chi connectivity index (χ0n) is 15.0. The first-order valence-corrected chi connectivity index (χ1v) is 8.54. The number of carbonyl (C=O) groups excluding carboxylic acids is 1. The van der Waals surface area contributed by atoms with E-state index < -0.39 is 5.60 Å². The Morgan fingerprint density at radius 3 is 2.52 bits per heavy atom. The molecule has 2 rings (SSSR count). The molecule has 0 unspecified atom stereocenters. The third-order valence-corrected chi connectivity index (χ3v) is 4.63. The highest BCUT2D eigenvalue weighted by Crippen LogP contribution is 2.25. The second-order valence-electron chi connectivity index (χ2n) is 7.60. The van der Waals surface area contributed by atoms with Gasteiger partial charge in [0.25, 0.3) is 0 Å². The van der Waals surface area contributed by atoms with Gasteiger partial charge in [0.05, 0.1) is 0 Å². The highest BCUT2D eigenvalue weighted by molar-refractivity contribution is 5.68. The number of ether oxygens (including phenoxy) is 1. The quantitative estimate of drug-likeness (QED) is 0.921. The van der Waals surface area contributed by atoms with Crippen molar-refractivity contribution in [3.05, 3.63) is 35.9 Å². The molecule has 1 aromatic carbocycles. The lowest BCUT2D eigenvalue weighted by Crippen LogP contribution is -2.54. The molecule has 4 heteroatoms. The molecule has 0 radical (unpaired) electrons. The van der Waals surface area contributed by atoms with Crippen LogP contribution >= 0.6 is 0 Å². The molecule has 0 aromatic heterocycles. The lowest BCUT2D eigenvalue weighted by Gasteiger charge is -2.43. The molecule has 1 aliphatic rings. The van der Waals surface area contributed by atoms with Gasteiger partial charge in [0.15, 0.2) is 0 Å². The molecule has 0 spiro atoms. The molecule has 1 aliphatic heterocycles. The number of likely N-dealkylation sites (tertiary alicyclic amines) is 1. The van der Waals surface area contributed by atoms with Crippen molar-refractivity contribution < 1.29 is 9.53 Å². The van der Waals surface area contributed by atoms with Crippen molar-refractivity contribution in [2.45, 2.75) is 65.3 Å². The van der Waals surface area contributed by atoms with Gasteiger partial charge in [-0.15, -0.1) is 0 Å². The van der Waals surface area contributed by atoms with E-state index in [-0.39, 0.29) is 12.1 Å². The summed E-state index contributed by atoms with van der Waals surface area (Å²) in [5.41, 5.74) is 0.887. The highest BCUT2D eigenvalue weighted by Gasteiger charge is 2.34. The molecule has 0 bridgehead atoms. The molecule has 1 saturated heterocycles. The van der Waals surface area contributed by atoms with E-state index >= 15 is 0 Å². The Morgan fingerprint density at radius 2 is 1.91 bits per heavy atom. The number of amides is 1. The topological polar surface area (TPSA) is 41.6 Å². The van der Waals surface area contributed by atoms with Crippen molar-refractivity contribution >= 4 is 6.09 Å². The Morgan fingerprint density at radius 1 is 1.26 bits per heavy atom. The van der Waals surface area contributed by atoms with Crippen molar-refractivity contribution in [2.24, 2.45) is 5.92 Å². The van der Waals surface area contributed by atoms with Gasteiger partial charge < -0.3 is 10.1 Å². The zero-order chi connectivity index (χ0) is 17.0. The van der Waals surface area contributed by atoms with Crippen LogP contribution in [0, 0.1) is 5.92 Å². The van der Waals surface area contributed by atoms with Crippen LogP contribution in [0.15, 0.2) is 30.3 Å². The van der Waals surface area contributed by atoms with Gasteiger partial charge in [-0.2, -0.15) is 0 Å². The summed E-state index contributed by atoms with van der Waals surface area (Å²) < 4.78 is 5.38. The Labute approximate surface area is 140 Å². The first-order chi connectivity index (χ1) is 10.8. The molecule has 1 amide bonds. The van der Waals surface area contributed by atoms with Crippen LogP contribution in [0.2, 0.25) is 0 Å². The number of nitrogens with one attached hydrogen (secondary N) is 1. The molecular formula is C19H30N2O2. The fourth-order valence-corrected chi connectivity index (χ4v) is 3.14. The van der Waals surface area contributed by atoms with E-state index in [4.69, 9.17) is 4.74 Å². The Bertz CT molecular complexity index is 510. The third-order valence-electron chi connectivity index (χ3n) is 4.63. The third kappa shape index (κ3) is 5.24. The van der Waals surface area contributed by atoms with Crippen LogP contribution in [-0.2, 0) is 11.3 Å². The minimum Gasteiger partial charge on any atom is -0.444 e. The number of nitrogens with zero attached hydrogens (tertiary/aromatic N) is 1. The number of rotatable bonds is 3. The van der Waals surface area contributed by atoms with E-state index in [1.54, 1.807) is 0 Å².